The standard InChI is InChI=1S/C20H24N2O5/c1-13-5-7-16(25-2)15(11-13)22-20(24)19(23)21-10-9-14-6-8-17(26-3)18(12-14)27-4/h5-8,11-12H,9-10H2,1-4H3,(H,21,23)(H,22,24). The minimum atomic E-state index is -0.744. The van der Waals surface area contributed by atoms with Crippen LogP contribution in [0.2, 0.25) is 0 Å². The smallest absolute Gasteiger partial charge is 0.313 e. The van der Waals surface area contributed by atoms with E-state index in [2.05, 4.69) is 10.6 Å². The zero-order valence-electron chi connectivity index (χ0n) is 15.9. The molecule has 144 valence electrons. The quantitative estimate of drug-likeness (QED) is 0.729. The first-order chi connectivity index (χ1) is 13.0. The number of rotatable bonds is 7. The fourth-order valence-electron chi connectivity index (χ4n) is 2.54. The lowest BCUT2D eigenvalue weighted by molar-refractivity contribution is -0.136. The molecule has 7 heteroatoms. The van der Waals surface area contributed by atoms with Crippen LogP contribution >= 0.6 is 0 Å². The van der Waals surface area contributed by atoms with Gasteiger partial charge in [0, 0.05) is 6.54 Å². The van der Waals surface area contributed by atoms with Gasteiger partial charge in [-0.25, -0.2) is 0 Å². The fourth-order valence-corrected chi connectivity index (χ4v) is 2.54. The van der Waals surface area contributed by atoms with Crippen LogP contribution in [0, 0.1) is 6.92 Å². The molecule has 2 rings (SSSR count). The molecule has 0 aromatic heterocycles. The summed E-state index contributed by atoms with van der Waals surface area (Å²) in [6.07, 6.45) is 0.549. The molecule has 27 heavy (non-hydrogen) atoms. The maximum Gasteiger partial charge on any atom is 0.313 e. The summed E-state index contributed by atoms with van der Waals surface area (Å²) in [7, 11) is 4.64. The summed E-state index contributed by atoms with van der Waals surface area (Å²) in [6, 6.07) is 10.9. The van der Waals surface area contributed by atoms with Crippen molar-refractivity contribution < 1.29 is 23.8 Å². The molecule has 0 radical (unpaired) electrons. The van der Waals surface area contributed by atoms with Gasteiger partial charge in [-0.1, -0.05) is 12.1 Å². The highest BCUT2D eigenvalue weighted by atomic mass is 16.5. The van der Waals surface area contributed by atoms with E-state index in [9.17, 15) is 9.59 Å². The summed E-state index contributed by atoms with van der Waals surface area (Å²) in [5.41, 5.74) is 2.35. The molecule has 2 N–H and O–H groups in total. The number of nitrogens with one attached hydrogen (secondary N) is 2. The minimum absolute atomic E-state index is 0.312. The summed E-state index contributed by atoms with van der Waals surface area (Å²) in [4.78, 5) is 24.1. The first kappa shape index (κ1) is 20.1. The van der Waals surface area contributed by atoms with E-state index >= 15 is 0 Å². The third-order valence-corrected chi connectivity index (χ3v) is 3.96. The number of methoxy groups -OCH3 is 3. The third kappa shape index (κ3) is 5.37. The molecule has 0 fully saturated rings. The maximum atomic E-state index is 12.1. The van der Waals surface area contributed by atoms with Crippen molar-refractivity contribution in [1.82, 2.24) is 5.32 Å². The number of hydrogen-bond donors (Lipinski definition) is 2. The molecule has 0 aliphatic heterocycles. The molecule has 0 saturated heterocycles. The first-order valence-corrected chi connectivity index (χ1v) is 8.43. The zero-order chi connectivity index (χ0) is 19.8. The Bertz CT molecular complexity index is 820. The van der Waals surface area contributed by atoms with Crippen LogP contribution in [0.25, 0.3) is 0 Å². The molecule has 2 aromatic carbocycles. The number of aryl methyl sites for hydroxylation is 1. The second-order valence-electron chi connectivity index (χ2n) is 5.85. The largest absolute Gasteiger partial charge is 0.495 e. The predicted molar refractivity (Wildman–Crippen MR) is 103 cm³/mol. The van der Waals surface area contributed by atoms with Gasteiger partial charge in [0.1, 0.15) is 5.75 Å². The van der Waals surface area contributed by atoms with Crippen LogP contribution in [-0.4, -0.2) is 39.7 Å². The molecule has 2 aromatic rings. The summed E-state index contributed by atoms with van der Waals surface area (Å²) in [6.45, 7) is 2.20. The Morgan fingerprint density at radius 2 is 1.52 bits per heavy atom. The van der Waals surface area contributed by atoms with Crippen LogP contribution in [0.1, 0.15) is 11.1 Å². The molecule has 0 saturated carbocycles. The molecule has 7 nitrogen and oxygen atoms in total. The van der Waals surface area contributed by atoms with Gasteiger partial charge in [0.15, 0.2) is 11.5 Å². The summed E-state index contributed by atoms with van der Waals surface area (Å²) < 4.78 is 15.6. The molecule has 0 aliphatic rings. The zero-order valence-corrected chi connectivity index (χ0v) is 15.9. The van der Waals surface area contributed by atoms with Crippen LogP contribution in [0.15, 0.2) is 36.4 Å². The average Bonchev–Trinajstić information content (AvgIpc) is 2.67. The highest BCUT2D eigenvalue weighted by Crippen LogP contribution is 2.27. The maximum absolute atomic E-state index is 12.1. The van der Waals surface area contributed by atoms with Crippen LogP contribution < -0.4 is 24.8 Å². The highest BCUT2D eigenvalue weighted by molar-refractivity contribution is 6.39. The van der Waals surface area contributed by atoms with Crippen molar-refractivity contribution in [1.29, 1.82) is 0 Å². The van der Waals surface area contributed by atoms with Gasteiger partial charge in [-0.15, -0.1) is 0 Å². The minimum Gasteiger partial charge on any atom is -0.495 e. The van der Waals surface area contributed by atoms with Gasteiger partial charge in [-0.2, -0.15) is 0 Å². The van der Waals surface area contributed by atoms with Gasteiger partial charge in [0.25, 0.3) is 0 Å². The Balaban J connectivity index is 1.90. The number of amides is 2. The number of ether oxygens (including phenoxy) is 3. The molecule has 0 unspecified atom stereocenters. The number of carbonyl (C=O) groups excluding carboxylic acids is 2. The van der Waals surface area contributed by atoms with E-state index in [1.165, 1.54) is 7.11 Å². The fraction of sp³-hybridized carbons (Fsp3) is 0.300. The molecule has 0 atom stereocenters. The Labute approximate surface area is 158 Å². The second kappa shape index (κ2) is 9.47. The van der Waals surface area contributed by atoms with Crippen molar-refractivity contribution in [3.05, 3.63) is 47.5 Å². The van der Waals surface area contributed by atoms with E-state index in [1.54, 1.807) is 32.4 Å². The number of hydrogen-bond acceptors (Lipinski definition) is 5. The first-order valence-electron chi connectivity index (χ1n) is 8.43. The van der Waals surface area contributed by atoms with Gasteiger partial charge < -0.3 is 24.8 Å². The molecule has 0 bridgehead atoms. The Morgan fingerprint density at radius 3 is 2.19 bits per heavy atom. The van der Waals surface area contributed by atoms with Crippen molar-refractivity contribution >= 4 is 17.5 Å². The van der Waals surface area contributed by atoms with Gasteiger partial charge >= 0.3 is 11.8 Å². The molecule has 0 spiro atoms. The van der Waals surface area contributed by atoms with Crippen molar-refractivity contribution in [2.75, 3.05) is 33.2 Å². The van der Waals surface area contributed by atoms with Crippen LogP contribution in [0.4, 0.5) is 5.69 Å². The molecular weight excluding hydrogens is 348 g/mol. The van der Waals surface area contributed by atoms with Crippen molar-refractivity contribution in [3.8, 4) is 17.2 Å². The number of carbonyl (C=O) groups is 2. The molecule has 0 aliphatic carbocycles. The van der Waals surface area contributed by atoms with Crippen LogP contribution in [0.3, 0.4) is 0 Å². The second-order valence-corrected chi connectivity index (χ2v) is 5.85. The SMILES string of the molecule is COc1ccc(C)cc1NC(=O)C(=O)NCCc1ccc(OC)c(OC)c1. The average molecular weight is 372 g/mol. The summed E-state index contributed by atoms with van der Waals surface area (Å²) >= 11 is 0. The van der Waals surface area contributed by atoms with Gasteiger partial charge in [-0.3, -0.25) is 9.59 Å². The van der Waals surface area contributed by atoms with E-state index in [1.807, 2.05) is 25.1 Å². The van der Waals surface area contributed by atoms with E-state index in [0.717, 1.165) is 11.1 Å². The number of benzene rings is 2. The summed E-state index contributed by atoms with van der Waals surface area (Å²) in [5, 5.41) is 5.18. The van der Waals surface area contributed by atoms with Crippen LogP contribution in [-0.2, 0) is 16.0 Å². The molecular formula is C20H24N2O5. The topological polar surface area (TPSA) is 85.9 Å². The van der Waals surface area contributed by atoms with E-state index < -0.39 is 11.8 Å². The lowest BCUT2D eigenvalue weighted by Crippen LogP contribution is -2.36. The third-order valence-electron chi connectivity index (χ3n) is 3.96. The van der Waals surface area contributed by atoms with E-state index in [0.29, 0.717) is 35.9 Å². The van der Waals surface area contributed by atoms with Gasteiger partial charge in [-0.05, 0) is 48.7 Å². The Kier molecular flexibility index (Phi) is 7.05. The molecule has 2 amide bonds. The van der Waals surface area contributed by atoms with Crippen molar-refractivity contribution in [2.24, 2.45) is 0 Å². The van der Waals surface area contributed by atoms with Crippen LogP contribution in [0.5, 0.6) is 17.2 Å². The monoisotopic (exact) mass is 372 g/mol. The van der Waals surface area contributed by atoms with Crippen molar-refractivity contribution in [3.63, 3.8) is 0 Å². The normalized spacial score (nSPS) is 10.1. The lowest BCUT2D eigenvalue weighted by atomic mass is 10.1. The Morgan fingerprint density at radius 1 is 0.852 bits per heavy atom. The molecule has 0 heterocycles. The van der Waals surface area contributed by atoms with Gasteiger partial charge in [0.05, 0.1) is 27.0 Å². The summed E-state index contributed by atoms with van der Waals surface area (Å²) in [5.74, 6) is 0.291. The lowest BCUT2D eigenvalue weighted by Gasteiger charge is -2.12. The van der Waals surface area contributed by atoms with Gasteiger partial charge in [0.2, 0.25) is 0 Å². The predicted octanol–water partition coefficient (Wildman–Crippen LogP) is 2.32. The Hall–Kier alpha value is -3.22. The highest BCUT2D eigenvalue weighted by Gasteiger charge is 2.15. The van der Waals surface area contributed by atoms with E-state index in [4.69, 9.17) is 14.2 Å². The van der Waals surface area contributed by atoms with Crippen molar-refractivity contribution in [2.45, 2.75) is 13.3 Å². The number of anilines is 1. The van der Waals surface area contributed by atoms with E-state index in [-0.39, 0.29) is 0 Å².